The molecule has 166 valence electrons. The van der Waals surface area contributed by atoms with Crippen molar-refractivity contribution >= 4 is 22.4 Å². The molecule has 0 aliphatic carbocycles. The topological polar surface area (TPSA) is 72.4 Å². The largest absolute Gasteiger partial charge is 0.486 e. The normalized spacial score (nSPS) is 23.3. The number of fused-ring (bicyclic) bond motifs is 4. The highest BCUT2D eigenvalue weighted by Crippen LogP contribution is 2.43. The molecule has 2 unspecified atom stereocenters. The van der Waals surface area contributed by atoms with E-state index in [1.54, 1.807) is 12.1 Å². The highest BCUT2D eigenvalue weighted by atomic mass is 19.3. The Morgan fingerprint density at radius 2 is 2.00 bits per heavy atom. The first kappa shape index (κ1) is 19.6. The molecular weight excluding hydrogens is 416 g/mol. The van der Waals surface area contributed by atoms with Gasteiger partial charge in [0.1, 0.15) is 5.75 Å². The van der Waals surface area contributed by atoms with Crippen LogP contribution in [0.3, 0.4) is 0 Å². The summed E-state index contributed by atoms with van der Waals surface area (Å²) in [5.74, 6) is -2.14. The first-order valence-electron chi connectivity index (χ1n) is 10.9. The third-order valence-electron chi connectivity index (χ3n) is 6.64. The Labute approximate surface area is 183 Å². The number of hydrogen-bond donors (Lipinski definition) is 1. The molecule has 6 rings (SSSR count). The van der Waals surface area contributed by atoms with E-state index >= 15 is 0 Å². The van der Waals surface area contributed by atoms with Crippen LogP contribution in [0.5, 0.6) is 5.75 Å². The highest BCUT2D eigenvalue weighted by Gasteiger charge is 2.42. The van der Waals surface area contributed by atoms with Crippen LogP contribution in [0.15, 0.2) is 30.5 Å². The van der Waals surface area contributed by atoms with Gasteiger partial charge in [0.15, 0.2) is 12.4 Å². The van der Waals surface area contributed by atoms with Gasteiger partial charge in [-0.05, 0) is 31.9 Å². The van der Waals surface area contributed by atoms with E-state index in [0.717, 1.165) is 48.3 Å². The van der Waals surface area contributed by atoms with Gasteiger partial charge in [0, 0.05) is 17.5 Å². The van der Waals surface area contributed by atoms with Gasteiger partial charge in [0.2, 0.25) is 0 Å². The van der Waals surface area contributed by atoms with Gasteiger partial charge in [-0.1, -0.05) is 12.1 Å². The third-order valence-corrected chi connectivity index (χ3v) is 6.64. The molecule has 3 aliphatic rings. The van der Waals surface area contributed by atoms with Crippen molar-refractivity contribution in [2.24, 2.45) is 0 Å². The van der Waals surface area contributed by atoms with Crippen molar-refractivity contribution in [3.05, 3.63) is 47.3 Å². The monoisotopic (exact) mass is 439 g/mol. The van der Waals surface area contributed by atoms with Crippen molar-refractivity contribution in [1.82, 2.24) is 15.2 Å². The molecule has 2 atom stereocenters. The van der Waals surface area contributed by atoms with Gasteiger partial charge in [0.25, 0.3) is 0 Å². The Bertz CT molecular complexity index is 1190. The molecule has 3 aromatic rings. The molecule has 0 spiro atoms. The van der Waals surface area contributed by atoms with Crippen molar-refractivity contribution in [1.29, 1.82) is 0 Å². The number of nitrogens with zero attached hydrogens (tertiary/aromatic N) is 4. The maximum Gasteiger partial charge on any atom is 0.310 e. The van der Waals surface area contributed by atoms with Crippen molar-refractivity contribution in [3.8, 4) is 5.75 Å². The van der Waals surface area contributed by atoms with Gasteiger partial charge in [0.05, 0.1) is 54.0 Å². The zero-order valence-electron chi connectivity index (χ0n) is 17.6. The summed E-state index contributed by atoms with van der Waals surface area (Å²) in [6.07, 6.45) is 4.13. The van der Waals surface area contributed by atoms with Crippen molar-refractivity contribution < 1.29 is 18.3 Å². The van der Waals surface area contributed by atoms with Crippen LogP contribution in [0.1, 0.15) is 29.7 Å². The van der Waals surface area contributed by atoms with Gasteiger partial charge in [-0.2, -0.15) is 13.9 Å². The lowest BCUT2D eigenvalue weighted by molar-refractivity contribution is -0.0214. The molecule has 2 saturated heterocycles. The van der Waals surface area contributed by atoms with Crippen LogP contribution < -0.4 is 15.0 Å². The highest BCUT2D eigenvalue weighted by molar-refractivity contribution is 5.92. The Morgan fingerprint density at radius 1 is 1.19 bits per heavy atom. The molecule has 0 amide bonds. The molecule has 2 bridgehead atoms. The molecule has 1 aromatic carbocycles. The van der Waals surface area contributed by atoms with E-state index < -0.39 is 12.5 Å². The second-order valence-corrected chi connectivity index (χ2v) is 8.69. The molecule has 2 aromatic heterocycles. The van der Waals surface area contributed by atoms with E-state index in [1.165, 1.54) is 6.07 Å². The molecule has 5 heterocycles. The first-order valence-corrected chi connectivity index (χ1v) is 10.9. The molecule has 7 nitrogen and oxygen atoms in total. The van der Waals surface area contributed by atoms with Crippen LogP contribution in [0.4, 0.5) is 20.3 Å². The average Bonchev–Trinajstić information content (AvgIpc) is 3.24. The number of benzene rings is 1. The molecular formula is C23H23F2N5O2. The number of anilines is 2. The molecule has 3 aliphatic heterocycles. The number of nitrogens with one attached hydrogen (secondary N) is 1. The van der Waals surface area contributed by atoms with Gasteiger partial charge in [-0.3, -0.25) is 4.98 Å². The number of rotatable bonds is 4. The quantitative estimate of drug-likeness (QED) is 0.663. The fourth-order valence-corrected chi connectivity index (χ4v) is 5.07. The molecule has 2 fully saturated rings. The summed E-state index contributed by atoms with van der Waals surface area (Å²) < 4.78 is 39.1. The lowest BCUT2D eigenvalue weighted by Gasteiger charge is -2.36. The van der Waals surface area contributed by atoms with Crippen LogP contribution in [0, 0.1) is 6.92 Å². The molecule has 9 heteroatoms. The molecule has 32 heavy (non-hydrogen) atoms. The lowest BCUT2D eigenvalue weighted by Crippen LogP contribution is -2.45. The summed E-state index contributed by atoms with van der Waals surface area (Å²) in [6.45, 7) is 3.01. The SMILES string of the molecule is Cc1nnc(NCc2cccc3c2OCC3(F)F)c2cc(N3C4CCC3COC4)cnc12. The minimum absolute atomic E-state index is 0.0663. The van der Waals surface area contributed by atoms with E-state index in [-0.39, 0.29) is 11.3 Å². The van der Waals surface area contributed by atoms with Crippen LogP contribution in [0.25, 0.3) is 10.9 Å². The van der Waals surface area contributed by atoms with E-state index in [2.05, 4.69) is 26.5 Å². The van der Waals surface area contributed by atoms with Gasteiger partial charge in [-0.25, -0.2) is 0 Å². The number of morpholine rings is 1. The average molecular weight is 439 g/mol. The zero-order valence-corrected chi connectivity index (χ0v) is 17.6. The molecule has 0 saturated carbocycles. The number of aromatic nitrogens is 3. The zero-order chi connectivity index (χ0) is 21.9. The van der Waals surface area contributed by atoms with E-state index in [9.17, 15) is 8.78 Å². The fourth-order valence-electron chi connectivity index (χ4n) is 5.07. The number of aryl methyl sites for hydroxylation is 1. The predicted molar refractivity (Wildman–Crippen MR) is 115 cm³/mol. The van der Waals surface area contributed by atoms with Gasteiger partial charge in [-0.15, -0.1) is 5.10 Å². The summed E-state index contributed by atoms with van der Waals surface area (Å²) in [5, 5.41) is 12.7. The fraction of sp³-hybridized carbons (Fsp3) is 0.435. The van der Waals surface area contributed by atoms with Crippen molar-refractivity contribution in [3.63, 3.8) is 0 Å². The molecule has 0 radical (unpaired) electrons. The Kier molecular flexibility index (Phi) is 4.43. The Hall–Kier alpha value is -3.07. The second-order valence-electron chi connectivity index (χ2n) is 8.69. The second kappa shape index (κ2) is 7.23. The summed E-state index contributed by atoms with van der Waals surface area (Å²) in [6, 6.07) is 7.66. The number of hydrogen-bond acceptors (Lipinski definition) is 7. The minimum atomic E-state index is -2.96. The molecule has 1 N–H and O–H groups in total. The maximum atomic E-state index is 14.0. The number of pyridine rings is 1. The van der Waals surface area contributed by atoms with Crippen LogP contribution in [0.2, 0.25) is 0 Å². The Morgan fingerprint density at radius 3 is 2.81 bits per heavy atom. The first-order chi connectivity index (χ1) is 15.5. The van der Waals surface area contributed by atoms with Crippen molar-refractivity contribution in [2.45, 2.75) is 44.3 Å². The minimum Gasteiger partial charge on any atom is -0.486 e. The van der Waals surface area contributed by atoms with E-state index in [0.29, 0.717) is 30.0 Å². The van der Waals surface area contributed by atoms with Crippen molar-refractivity contribution in [2.75, 3.05) is 30.0 Å². The van der Waals surface area contributed by atoms with E-state index in [1.807, 2.05) is 13.1 Å². The summed E-state index contributed by atoms with van der Waals surface area (Å²) in [7, 11) is 0. The summed E-state index contributed by atoms with van der Waals surface area (Å²) >= 11 is 0. The summed E-state index contributed by atoms with van der Waals surface area (Å²) in [5.41, 5.74) is 3.15. The Balaban J connectivity index is 1.34. The van der Waals surface area contributed by atoms with Crippen LogP contribution >= 0.6 is 0 Å². The van der Waals surface area contributed by atoms with Crippen LogP contribution in [-0.4, -0.2) is 47.1 Å². The number of alkyl halides is 2. The van der Waals surface area contributed by atoms with Gasteiger partial charge < -0.3 is 19.7 Å². The standard InChI is InChI=1S/C23H23F2N5O2/c1-13-20-18(7-17(9-26-20)30-15-5-6-16(30)11-31-10-15)22(29-28-13)27-8-14-3-2-4-19-21(14)32-12-23(19,24)25/h2-4,7,9,15-16H,5-6,8,10-12H2,1H3,(H,27,29). The smallest absolute Gasteiger partial charge is 0.310 e. The third kappa shape index (κ3) is 3.06. The lowest BCUT2D eigenvalue weighted by atomic mass is 10.1. The summed E-state index contributed by atoms with van der Waals surface area (Å²) in [4.78, 5) is 7.11. The number of halogens is 2. The van der Waals surface area contributed by atoms with Crippen LogP contribution in [-0.2, 0) is 17.2 Å². The maximum absolute atomic E-state index is 14.0. The van der Waals surface area contributed by atoms with Gasteiger partial charge >= 0.3 is 5.92 Å². The number of ether oxygens (including phenoxy) is 2. The number of para-hydroxylation sites is 1. The predicted octanol–water partition coefficient (Wildman–Crippen LogP) is 3.80. The van der Waals surface area contributed by atoms with E-state index in [4.69, 9.17) is 14.5 Å².